The Balaban J connectivity index is 1.28. The van der Waals surface area contributed by atoms with Crippen molar-refractivity contribution < 1.29 is 28.2 Å². The predicted octanol–water partition coefficient (Wildman–Crippen LogP) is 6.99. The number of amides is 1. The van der Waals surface area contributed by atoms with Crippen LogP contribution in [0.15, 0.2) is 60.9 Å². The van der Waals surface area contributed by atoms with Gasteiger partial charge in [-0.05, 0) is 35.4 Å². The van der Waals surface area contributed by atoms with Crippen molar-refractivity contribution in [1.82, 2.24) is 14.7 Å². The summed E-state index contributed by atoms with van der Waals surface area (Å²) in [6, 6.07) is 13.7. The summed E-state index contributed by atoms with van der Waals surface area (Å²) >= 11 is 13.1. The summed E-state index contributed by atoms with van der Waals surface area (Å²) in [7, 11) is 1.80. The van der Waals surface area contributed by atoms with Gasteiger partial charge in [0.2, 0.25) is 0 Å². The van der Waals surface area contributed by atoms with Gasteiger partial charge in [0.25, 0.3) is 11.8 Å². The lowest BCUT2D eigenvalue weighted by molar-refractivity contribution is -0.0220. The van der Waals surface area contributed by atoms with Gasteiger partial charge < -0.3 is 19.6 Å². The van der Waals surface area contributed by atoms with Crippen molar-refractivity contribution in [2.24, 2.45) is 7.05 Å². The summed E-state index contributed by atoms with van der Waals surface area (Å²) in [4.78, 5) is 28.7. The maximum Gasteiger partial charge on any atom is 0.337 e. The van der Waals surface area contributed by atoms with Crippen LogP contribution in [0.1, 0.15) is 39.1 Å². The Morgan fingerprint density at radius 3 is 2.37 bits per heavy atom. The average molecular weight is 627 g/mol. The largest absolute Gasteiger partial charge is 0.478 e. The van der Waals surface area contributed by atoms with E-state index < -0.39 is 17.8 Å². The van der Waals surface area contributed by atoms with Gasteiger partial charge in [-0.25, -0.2) is 13.6 Å². The molecule has 1 amide bonds. The minimum atomic E-state index is -2.76. The molecule has 6 rings (SSSR count). The van der Waals surface area contributed by atoms with Crippen molar-refractivity contribution in [3.63, 3.8) is 0 Å². The van der Waals surface area contributed by atoms with E-state index in [1.807, 2.05) is 24.4 Å². The number of nitrogens with zero attached hydrogens (tertiary/aromatic N) is 4. The van der Waals surface area contributed by atoms with E-state index in [1.165, 1.54) is 11.0 Å². The van der Waals surface area contributed by atoms with Gasteiger partial charge in [0.15, 0.2) is 6.73 Å². The number of carboxylic acids is 1. The van der Waals surface area contributed by atoms with Gasteiger partial charge in [0.05, 0.1) is 39.6 Å². The van der Waals surface area contributed by atoms with E-state index >= 15 is 0 Å². The number of aromatic nitrogens is 2. The molecule has 0 unspecified atom stereocenters. The van der Waals surface area contributed by atoms with Crippen LogP contribution in [-0.2, 0) is 13.6 Å². The van der Waals surface area contributed by atoms with Gasteiger partial charge in [0, 0.05) is 55.9 Å². The van der Waals surface area contributed by atoms with Gasteiger partial charge in [-0.15, -0.1) is 0 Å². The van der Waals surface area contributed by atoms with Crippen molar-refractivity contribution in [1.29, 1.82) is 0 Å². The summed E-state index contributed by atoms with van der Waals surface area (Å²) < 4.78 is 35.4. The molecule has 0 radical (unpaired) electrons. The van der Waals surface area contributed by atoms with E-state index in [0.29, 0.717) is 22.6 Å². The van der Waals surface area contributed by atoms with Crippen molar-refractivity contribution in [3.8, 4) is 28.0 Å². The zero-order valence-corrected chi connectivity index (χ0v) is 24.5. The number of para-hydroxylation sites is 1. The third-order valence-corrected chi connectivity index (χ3v) is 8.37. The Morgan fingerprint density at radius 1 is 1.00 bits per heavy atom. The zero-order valence-electron chi connectivity index (χ0n) is 23.0. The topological polar surface area (TPSA) is 87.9 Å². The van der Waals surface area contributed by atoms with E-state index in [2.05, 4.69) is 5.10 Å². The van der Waals surface area contributed by atoms with Crippen LogP contribution in [-0.4, -0.2) is 57.4 Å². The Morgan fingerprint density at radius 2 is 1.72 bits per heavy atom. The number of aryl methyl sites for hydroxylation is 1. The summed E-state index contributed by atoms with van der Waals surface area (Å²) in [5.74, 6) is -3.73. The first-order valence-electron chi connectivity index (χ1n) is 13.5. The van der Waals surface area contributed by atoms with Gasteiger partial charge in [-0.2, -0.15) is 5.10 Å². The summed E-state index contributed by atoms with van der Waals surface area (Å²) in [5, 5.41) is 14.4. The number of anilines is 1. The van der Waals surface area contributed by atoms with Crippen LogP contribution >= 0.6 is 23.2 Å². The first-order valence-corrected chi connectivity index (χ1v) is 14.3. The molecule has 4 aromatic rings. The molecule has 222 valence electrons. The molecule has 0 bridgehead atoms. The molecule has 3 heterocycles. The van der Waals surface area contributed by atoms with Crippen LogP contribution < -0.4 is 9.64 Å². The molecule has 2 aliphatic heterocycles. The molecule has 0 atom stereocenters. The van der Waals surface area contributed by atoms with Crippen LogP contribution in [0.5, 0.6) is 5.75 Å². The highest BCUT2D eigenvalue weighted by Crippen LogP contribution is 2.41. The van der Waals surface area contributed by atoms with E-state index in [1.54, 1.807) is 47.1 Å². The number of rotatable bonds is 5. The van der Waals surface area contributed by atoms with Gasteiger partial charge >= 0.3 is 5.97 Å². The Hall–Kier alpha value is -4.15. The molecule has 1 fully saturated rings. The first-order chi connectivity index (χ1) is 20.5. The number of aromatic carboxylic acids is 1. The fourth-order valence-electron chi connectivity index (χ4n) is 5.52. The first kappa shape index (κ1) is 28.9. The number of carbonyl (C=O) groups is 2. The second-order valence-corrected chi connectivity index (χ2v) is 11.5. The molecule has 1 saturated heterocycles. The molecular weight excluding hydrogens is 601 g/mol. The molecule has 0 saturated carbocycles. The smallest absolute Gasteiger partial charge is 0.337 e. The molecule has 43 heavy (non-hydrogen) atoms. The van der Waals surface area contributed by atoms with Crippen LogP contribution in [0, 0.1) is 0 Å². The minimum Gasteiger partial charge on any atom is -0.478 e. The molecular formula is C31H26Cl2F2N4O4. The molecule has 1 aromatic heterocycles. The summed E-state index contributed by atoms with van der Waals surface area (Å²) in [5.41, 5.74) is 4.23. The standard InChI is InChI=1S/C31H26Cl2F2N4O4/c1-37-15-21(14-36-37)20-11-24(32)27(25(33)12-20)29(40)39-16-19-3-2-4-22(28(19)43-17-39)18-5-6-23(30(41)42)26(13-18)38-9-7-31(34,35)8-10-38/h2-6,11-15H,7-10,16-17H2,1H3,(H,41,42). The van der Waals surface area contributed by atoms with Gasteiger partial charge in [-0.1, -0.05) is 47.5 Å². The quantitative estimate of drug-likeness (QED) is 0.257. The van der Waals surface area contributed by atoms with Crippen molar-refractivity contribution in [3.05, 3.63) is 87.7 Å². The highest BCUT2D eigenvalue weighted by Gasteiger charge is 2.35. The second kappa shape index (κ2) is 11.2. The Bertz CT molecular complexity index is 1730. The van der Waals surface area contributed by atoms with Crippen LogP contribution in [0.4, 0.5) is 14.5 Å². The lowest BCUT2D eigenvalue weighted by Gasteiger charge is -2.34. The monoisotopic (exact) mass is 626 g/mol. The average Bonchev–Trinajstić information content (AvgIpc) is 3.42. The fourth-order valence-corrected chi connectivity index (χ4v) is 6.17. The number of halogens is 4. The number of alkyl halides is 2. The third kappa shape index (κ3) is 5.64. The van der Waals surface area contributed by atoms with Crippen LogP contribution in [0.3, 0.4) is 0 Å². The van der Waals surface area contributed by atoms with Crippen LogP contribution in [0.2, 0.25) is 10.0 Å². The Labute approximate surface area is 256 Å². The van der Waals surface area contributed by atoms with E-state index in [-0.39, 0.29) is 60.4 Å². The number of benzene rings is 3. The number of piperidine rings is 1. The third-order valence-electron chi connectivity index (χ3n) is 7.78. The normalized spacial score (nSPS) is 16.0. The number of fused-ring (bicyclic) bond motifs is 1. The number of ether oxygens (including phenoxy) is 1. The number of carboxylic acid groups (broad SMARTS) is 1. The van der Waals surface area contributed by atoms with Gasteiger partial charge in [0.1, 0.15) is 5.75 Å². The SMILES string of the molecule is Cn1cc(-c2cc(Cl)c(C(=O)N3COc4c(cccc4-c4ccc(C(=O)O)c(N5CCC(F)(F)CC5)c4)C3)c(Cl)c2)cn1. The molecule has 0 aliphatic carbocycles. The Kier molecular flexibility index (Phi) is 7.52. The maximum atomic E-state index is 13.8. The molecule has 2 aliphatic rings. The van der Waals surface area contributed by atoms with Gasteiger partial charge in [-0.3, -0.25) is 9.48 Å². The van der Waals surface area contributed by atoms with Crippen molar-refractivity contribution >= 4 is 40.8 Å². The minimum absolute atomic E-state index is 0.0414. The molecule has 3 aromatic carbocycles. The molecule has 0 spiro atoms. The van der Waals surface area contributed by atoms with Crippen molar-refractivity contribution in [2.45, 2.75) is 25.3 Å². The second-order valence-electron chi connectivity index (χ2n) is 10.7. The molecule has 1 N–H and O–H groups in total. The molecule has 12 heteroatoms. The number of hydrogen-bond acceptors (Lipinski definition) is 5. The molecule has 8 nitrogen and oxygen atoms in total. The van der Waals surface area contributed by atoms with E-state index in [9.17, 15) is 23.5 Å². The predicted molar refractivity (Wildman–Crippen MR) is 159 cm³/mol. The number of hydrogen-bond donors (Lipinski definition) is 1. The highest BCUT2D eigenvalue weighted by molar-refractivity contribution is 6.40. The van der Waals surface area contributed by atoms with Crippen molar-refractivity contribution in [2.75, 3.05) is 24.7 Å². The maximum absolute atomic E-state index is 13.8. The van der Waals surface area contributed by atoms with E-state index in [0.717, 1.165) is 16.7 Å². The zero-order chi connectivity index (χ0) is 30.5. The number of carbonyl (C=O) groups excluding carboxylic acids is 1. The van der Waals surface area contributed by atoms with Crippen LogP contribution in [0.25, 0.3) is 22.3 Å². The lowest BCUT2D eigenvalue weighted by Crippen LogP contribution is -2.40. The van der Waals surface area contributed by atoms with E-state index in [4.69, 9.17) is 27.9 Å². The fraction of sp³-hybridized carbons (Fsp3) is 0.258. The highest BCUT2D eigenvalue weighted by atomic mass is 35.5. The summed E-state index contributed by atoms with van der Waals surface area (Å²) in [6.07, 6.45) is 2.81. The summed E-state index contributed by atoms with van der Waals surface area (Å²) in [6.45, 7) is 0.249. The lowest BCUT2D eigenvalue weighted by atomic mass is 9.96.